The third-order valence-electron chi connectivity index (χ3n) is 4.50. The van der Waals surface area contributed by atoms with Gasteiger partial charge in [0.1, 0.15) is 0 Å². The van der Waals surface area contributed by atoms with Crippen molar-refractivity contribution in [3.05, 3.63) is 12.2 Å². The molecule has 0 fully saturated rings. The average molecular weight is 361 g/mol. The van der Waals surface area contributed by atoms with Crippen LogP contribution in [0.1, 0.15) is 96.8 Å². The molecule has 0 bridgehead atoms. The normalized spacial score (nSPS) is 12.3. The van der Waals surface area contributed by atoms with Crippen LogP contribution < -0.4 is 0 Å². The summed E-state index contributed by atoms with van der Waals surface area (Å²) in [4.78, 5) is 0. The topological polar surface area (TPSA) is 35.5 Å². The summed E-state index contributed by atoms with van der Waals surface area (Å²) >= 11 is 0. The maximum atomic E-state index is 11.8. The van der Waals surface area contributed by atoms with Gasteiger partial charge >= 0.3 is 7.60 Å². The van der Waals surface area contributed by atoms with Crippen LogP contribution in [0.3, 0.4) is 0 Å². The standard InChI is InChI=1S/C20H41O3P/c1-4-5-6-7-8-9-10-11-12-13-14-15-16-17-18-19-20-24(21,22-2)23-3/h11-12H,4-10,13-20H2,1-3H3. The van der Waals surface area contributed by atoms with Gasteiger partial charge in [-0.3, -0.25) is 4.57 Å². The third kappa shape index (κ3) is 15.4. The second-order valence-corrected chi connectivity index (χ2v) is 9.04. The Morgan fingerprint density at radius 2 is 1.08 bits per heavy atom. The summed E-state index contributed by atoms with van der Waals surface area (Å²) in [5.41, 5.74) is 0. The Morgan fingerprint density at radius 1 is 0.667 bits per heavy atom. The minimum atomic E-state index is -2.78. The molecule has 0 atom stereocenters. The molecule has 0 saturated heterocycles. The lowest BCUT2D eigenvalue weighted by Gasteiger charge is -2.12. The van der Waals surface area contributed by atoms with Gasteiger partial charge in [-0.2, -0.15) is 0 Å². The lowest BCUT2D eigenvalue weighted by molar-refractivity contribution is 0.275. The first-order chi connectivity index (χ1) is 11.7. The van der Waals surface area contributed by atoms with Crippen molar-refractivity contribution >= 4 is 7.60 Å². The molecule has 0 spiro atoms. The Labute approximate surface area is 151 Å². The number of hydrogen-bond acceptors (Lipinski definition) is 3. The highest BCUT2D eigenvalue weighted by Crippen LogP contribution is 2.47. The summed E-state index contributed by atoms with van der Waals surface area (Å²) in [5.74, 6) is 0. The number of hydrogen-bond donors (Lipinski definition) is 0. The van der Waals surface area contributed by atoms with E-state index in [9.17, 15) is 4.57 Å². The monoisotopic (exact) mass is 360 g/mol. The predicted molar refractivity (Wildman–Crippen MR) is 106 cm³/mol. The molecule has 0 amide bonds. The van der Waals surface area contributed by atoms with Crippen molar-refractivity contribution in [2.75, 3.05) is 20.4 Å². The van der Waals surface area contributed by atoms with Crippen LogP contribution in [0.4, 0.5) is 0 Å². The quantitative estimate of drug-likeness (QED) is 0.144. The highest BCUT2D eigenvalue weighted by molar-refractivity contribution is 7.53. The molecule has 0 saturated carbocycles. The molecule has 0 radical (unpaired) electrons. The lowest BCUT2D eigenvalue weighted by Crippen LogP contribution is -1.94. The van der Waals surface area contributed by atoms with Crippen molar-refractivity contribution < 1.29 is 13.6 Å². The van der Waals surface area contributed by atoms with Gasteiger partial charge in [0.2, 0.25) is 0 Å². The Morgan fingerprint density at radius 3 is 1.54 bits per heavy atom. The first kappa shape index (κ1) is 23.9. The van der Waals surface area contributed by atoms with Crippen molar-refractivity contribution in [2.45, 2.75) is 96.8 Å². The fourth-order valence-electron chi connectivity index (χ4n) is 2.81. The molecule has 0 aliphatic carbocycles. The van der Waals surface area contributed by atoms with Crippen LogP contribution in [0.25, 0.3) is 0 Å². The zero-order valence-electron chi connectivity index (χ0n) is 16.4. The van der Waals surface area contributed by atoms with E-state index in [1.54, 1.807) is 0 Å². The predicted octanol–water partition coefficient (Wildman–Crippen LogP) is 7.51. The van der Waals surface area contributed by atoms with E-state index < -0.39 is 7.60 Å². The third-order valence-corrected chi connectivity index (χ3v) is 6.48. The molecule has 144 valence electrons. The van der Waals surface area contributed by atoms with E-state index in [1.807, 2.05) is 0 Å². The van der Waals surface area contributed by atoms with E-state index in [0.717, 1.165) is 12.8 Å². The number of rotatable bonds is 18. The second kappa shape index (κ2) is 17.7. The van der Waals surface area contributed by atoms with E-state index in [0.29, 0.717) is 6.16 Å². The molecule has 0 aromatic heterocycles. The van der Waals surface area contributed by atoms with Crippen molar-refractivity contribution in [3.63, 3.8) is 0 Å². The van der Waals surface area contributed by atoms with Gasteiger partial charge < -0.3 is 9.05 Å². The molecular weight excluding hydrogens is 319 g/mol. The van der Waals surface area contributed by atoms with Gasteiger partial charge in [0.25, 0.3) is 0 Å². The average Bonchev–Trinajstić information content (AvgIpc) is 2.61. The SMILES string of the molecule is CCCCCCCCC=CCCCCCCCCP(=O)(OC)OC. The van der Waals surface area contributed by atoms with Crippen LogP contribution in [0.15, 0.2) is 12.2 Å². The number of unbranched alkanes of at least 4 members (excludes halogenated alkanes) is 12. The highest BCUT2D eigenvalue weighted by atomic mass is 31.2. The minimum Gasteiger partial charge on any atom is -0.312 e. The molecule has 0 aliphatic heterocycles. The highest BCUT2D eigenvalue weighted by Gasteiger charge is 2.19. The Hall–Kier alpha value is -0.110. The lowest BCUT2D eigenvalue weighted by atomic mass is 10.1. The molecule has 0 rings (SSSR count). The van der Waals surface area contributed by atoms with E-state index in [2.05, 4.69) is 19.1 Å². The van der Waals surface area contributed by atoms with Crippen LogP contribution >= 0.6 is 7.60 Å². The van der Waals surface area contributed by atoms with E-state index >= 15 is 0 Å². The molecule has 0 aromatic rings. The van der Waals surface area contributed by atoms with Crippen molar-refractivity contribution in [1.29, 1.82) is 0 Å². The molecule has 0 heterocycles. The molecule has 0 unspecified atom stereocenters. The van der Waals surface area contributed by atoms with Gasteiger partial charge in [0, 0.05) is 14.2 Å². The van der Waals surface area contributed by atoms with Gasteiger partial charge in [0.15, 0.2) is 0 Å². The van der Waals surface area contributed by atoms with Crippen LogP contribution in [0.2, 0.25) is 0 Å². The summed E-state index contributed by atoms with van der Waals surface area (Å²) in [6, 6.07) is 0. The maximum Gasteiger partial charge on any atom is 0.330 e. The maximum absolute atomic E-state index is 11.8. The first-order valence-electron chi connectivity index (χ1n) is 10.0. The van der Waals surface area contributed by atoms with Gasteiger partial charge in [-0.1, -0.05) is 76.9 Å². The van der Waals surface area contributed by atoms with Crippen LogP contribution in [0, 0.1) is 0 Å². The molecule has 0 aromatic carbocycles. The molecule has 3 nitrogen and oxygen atoms in total. The molecular formula is C20H41O3P. The van der Waals surface area contributed by atoms with Gasteiger partial charge in [-0.15, -0.1) is 0 Å². The minimum absolute atomic E-state index is 0.543. The van der Waals surface area contributed by atoms with Gasteiger partial charge in [0.05, 0.1) is 6.16 Å². The summed E-state index contributed by atoms with van der Waals surface area (Å²) < 4.78 is 21.7. The fourth-order valence-corrected chi connectivity index (χ4v) is 3.94. The van der Waals surface area contributed by atoms with Crippen molar-refractivity contribution in [3.8, 4) is 0 Å². The Balaban J connectivity index is 3.25. The zero-order valence-corrected chi connectivity index (χ0v) is 17.3. The van der Waals surface area contributed by atoms with Crippen molar-refractivity contribution in [2.24, 2.45) is 0 Å². The largest absolute Gasteiger partial charge is 0.330 e. The fraction of sp³-hybridized carbons (Fsp3) is 0.900. The van der Waals surface area contributed by atoms with Gasteiger partial charge in [-0.05, 0) is 32.1 Å². The second-order valence-electron chi connectivity index (χ2n) is 6.64. The summed E-state index contributed by atoms with van der Waals surface area (Å²) in [7, 11) is 0.147. The Kier molecular flexibility index (Phi) is 17.6. The van der Waals surface area contributed by atoms with Gasteiger partial charge in [-0.25, -0.2) is 0 Å². The van der Waals surface area contributed by atoms with E-state index in [4.69, 9.17) is 9.05 Å². The van der Waals surface area contributed by atoms with E-state index in [-0.39, 0.29) is 0 Å². The summed E-state index contributed by atoms with van der Waals surface area (Å²) in [6.07, 6.45) is 23.2. The van der Waals surface area contributed by atoms with Crippen LogP contribution in [0.5, 0.6) is 0 Å². The first-order valence-corrected chi connectivity index (χ1v) is 11.8. The van der Waals surface area contributed by atoms with Crippen molar-refractivity contribution in [1.82, 2.24) is 0 Å². The zero-order chi connectivity index (χ0) is 17.9. The van der Waals surface area contributed by atoms with E-state index in [1.165, 1.54) is 91.3 Å². The number of allylic oxidation sites excluding steroid dienone is 2. The summed E-state index contributed by atoms with van der Waals surface area (Å²) in [5, 5.41) is 0. The molecule has 4 heteroatoms. The molecule has 0 aliphatic rings. The molecule has 0 N–H and O–H groups in total. The summed E-state index contributed by atoms with van der Waals surface area (Å²) in [6.45, 7) is 2.27. The smallest absolute Gasteiger partial charge is 0.312 e. The van der Waals surface area contributed by atoms with Crippen LogP contribution in [-0.4, -0.2) is 20.4 Å². The molecule has 24 heavy (non-hydrogen) atoms. The van der Waals surface area contributed by atoms with Crippen LogP contribution in [-0.2, 0) is 13.6 Å². The Bertz CT molecular complexity index is 321.